The molecule has 1 unspecified atom stereocenters. The Morgan fingerprint density at radius 1 is 1.15 bits per heavy atom. The third-order valence-corrected chi connectivity index (χ3v) is 8.22. The van der Waals surface area contributed by atoms with Gasteiger partial charge in [0.2, 0.25) is 5.91 Å². The Hall–Kier alpha value is -1.81. The van der Waals surface area contributed by atoms with E-state index >= 15 is 0 Å². The molecule has 2 aromatic rings. The monoisotopic (exact) mass is 499 g/mol. The maximum Gasteiger partial charge on any atom is 0.229 e. The van der Waals surface area contributed by atoms with Crippen LogP contribution in [-0.2, 0) is 4.79 Å². The van der Waals surface area contributed by atoms with Crippen molar-refractivity contribution in [2.45, 2.75) is 76.5 Å². The quantitative estimate of drug-likeness (QED) is 0.361. The molecule has 0 aromatic heterocycles. The minimum atomic E-state index is -0.574. The second-order valence-electron chi connectivity index (χ2n) is 10.3. The van der Waals surface area contributed by atoms with Crippen molar-refractivity contribution in [1.29, 1.82) is 0 Å². The topological polar surface area (TPSA) is 40.5 Å². The van der Waals surface area contributed by atoms with Crippen LogP contribution in [0.4, 0.5) is 0 Å². The van der Waals surface area contributed by atoms with Crippen LogP contribution in [0.25, 0.3) is 0 Å². The van der Waals surface area contributed by atoms with Crippen LogP contribution in [0.1, 0.15) is 75.5 Å². The highest BCUT2D eigenvalue weighted by Gasteiger charge is 2.51. The number of aliphatic hydroxyl groups excluding tert-OH is 1. The summed E-state index contributed by atoms with van der Waals surface area (Å²) in [5.41, 5.74) is 1.61. The van der Waals surface area contributed by atoms with E-state index < -0.39 is 5.41 Å². The van der Waals surface area contributed by atoms with Crippen LogP contribution in [0.3, 0.4) is 0 Å². The Bertz CT molecular complexity index is 1020. The fourth-order valence-corrected chi connectivity index (χ4v) is 6.04. The number of amides is 1. The van der Waals surface area contributed by atoms with E-state index in [2.05, 4.69) is 31.4 Å². The van der Waals surface area contributed by atoms with Crippen LogP contribution in [0.5, 0.6) is 0 Å². The van der Waals surface area contributed by atoms with Gasteiger partial charge in [-0.25, -0.2) is 0 Å². The molecule has 1 saturated carbocycles. The number of hydrogen-bond acceptors (Lipinski definition) is 2. The smallest absolute Gasteiger partial charge is 0.229 e. The van der Waals surface area contributed by atoms with Crippen LogP contribution in [0.15, 0.2) is 61.2 Å². The maximum atomic E-state index is 14.2. The summed E-state index contributed by atoms with van der Waals surface area (Å²) in [6, 6.07) is 15.6. The Kier molecular flexibility index (Phi) is 7.76. The first-order chi connectivity index (χ1) is 16.3. The molecular weight excluding hydrogens is 465 g/mol. The van der Waals surface area contributed by atoms with E-state index in [0.717, 1.165) is 30.4 Å². The van der Waals surface area contributed by atoms with Crippen molar-refractivity contribution in [3.8, 4) is 0 Å². The summed E-state index contributed by atoms with van der Waals surface area (Å²) in [7, 11) is 0. The molecule has 2 aliphatic rings. The fourth-order valence-electron chi connectivity index (χ4n) is 5.72. The standard InChI is InChI=1S/C29H35Cl2NO2/c1-4-15-29(3)18-25(21-7-6-8-23(31)16-21)27(20-11-13-22(30)14-12-20)32(28(29)34)24(5-2)17-26(33)19-9-10-19/h4,6-8,11-14,16,19,24-27,33H,1,5,9-10,15,17-18H2,2-3H3/t24-,25+,26?,27+,29-/m0/s1. The minimum absolute atomic E-state index is 0.0506. The van der Waals surface area contributed by atoms with Crippen molar-refractivity contribution in [1.82, 2.24) is 4.90 Å². The van der Waals surface area contributed by atoms with Gasteiger partial charge in [0.15, 0.2) is 0 Å². The van der Waals surface area contributed by atoms with Gasteiger partial charge in [0.25, 0.3) is 0 Å². The molecule has 0 spiro atoms. The summed E-state index contributed by atoms with van der Waals surface area (Å²) < 4.78 is 0. The van der Waals surface area contributed by atoms with Gasteiger partial charge in [0.05, 0.1) is 17.6 Å². The summed E-state index contributed by atoms with van der Waals surface area (Å²) in [6.07, 6.45) is 6.32. The molecule has 5 atom stereocenters. The van der Waals surface area contributed by atoms with Crippen LogP contribution in [0.2, 0.25) is 10.0 Å². The lowest BCUT2D eigenvalue weighted by atomic mass is 9.67. The molecule has 1 amide bonds. The van der Waals surface area contributed by atoms with Crippen LogP contribution in [0, 0.1) is 11.3 Å². The summed E-state index contributed by atoms with van der Waals surface area (Å²) in [6.45, 7) is 8.13. The van der Waals surface area contributed by atoms with Gasteiger partial charge in [-0.05, 0) is 79.8 Å². The van der Waals surface area contributed by atoms with E-state index in [1.807, 2.05) is 48.5 Å². The number of rotatable bonds is 9. The van der Waals surface area contributed by atoms with Gasteiger partial charge < -0.3 is 10.0 Å². The summed E-state index contributed by atoms with van der Waals surface area (Å²) in [5.74, 6) is 0.557. The molecule has 0 bridgehead atoms. The first-order valence-corrected chi connectivity index (χ1v) is 13.2. The zero-order valence-electron chi connectivity index (χ0n) is 20.1. The molecule has 1 heterocycles. The fraction of sp³-hybridized carbons (Fsp3) is 0.483. The molecule has 5 heteroatoms. The number of likely N-dealkylation sites (tertiary alicyclic amines) is 1. The number of halogens is 2. The van der Waals surface area contributed by atoms with Crippen molar-refractivity contribution in [2.75, 3.05) is 0 Å². The maximum absolute atomic E-state index is 14.2. The van der Waals surface area contributed by atoms with Crippen molar-refractivity contribution < 1.29 is 9.90 Å². The average Bonchev–Trinajstić information content (AvgIpc) is 3.66. The summed E-state index contributed by atoms with van der Waals surface area (Å²) in [5, 5.41) is 12.2. The highest BCUT2D eigenvalue weighted by atomic mass is 35.5. The molecule has 1 aliphatic carbocycles. The second-order valence-corrected chi connectivity index (χ2v) is 11.2. The molecule has 2 fully saturated rings. The SMILES string of the molecule is C=CC[C@@]1(C)C[C@H](c2cccc(Cl)c2)[C@@H](c2ccc(Cl)cc2)N([C@@H](CC)CC(O)C2CC2)C1=O. The summed E-state index contributed by atoms with van der Waals surface area (Å²) >= 11 is 12.7. The number of aliphatic hydroxyl groups is 1. The summed E-state index contributed by atoms with van der Waals surface area (Å²) in [4.78, 5) is 16.3. The molecule has 1 aliphatic heterocycles. The number of carbonyl (C=O) groups is 1. The molecule has 4 rings (SSSR count). The first kappa shape index (κ1) is 25.3. The molecule has 182 valence electrons. The third kappa shape index (κ3) is 5.22. The predicted molar refractivity (Wildman–Crippen MR) is 140 cm³/mol. The Balaban J connectivity index is 1.85. The third-order valence-electron chi connectivity index (χ3n) is 7.73. The van der Waals surface area contributed by atoms with E-state index in [9.17, 15) is 9.90 Å². The lowest BCUT2D eigenvalue weighted by Gasteiger charge is -2.52. The number of piperidine rings is 1. The van der Waals surface area contributed by atoms with E-state index in [4.69, 9.17) is 23.2 Å². The largest absolute Gasteiger partial charge is 0.393 e. The number of hydrogen-bond donors (Lipinski definition) is 1. The number of carbonyl (C=O) groups excluding carboxylic acids is 1. The average molecular weight is 501 g/mol. The molecule has 1 N–H and O–H groups in total. The highest BCUT2D eigenvalue weighted by Crippen LogP contribution is 2.53. The Morgan fingerprint density at radius 3 is 2.44 bits per heavy atom. The molecule has 3 nitrogen and oxygen atoms in total. The number of benzene rings is 2. The van der Waals surface area contributed by atoms with Crippen molar-refractivity contribution in [3.05, 3.63) is 82.4 Å². The molecule has 2 aromatic carbocycles. The zero-order chi connectivity index (χ0) is 24.5. The van der Waals surface area contributed by atoms with Crippen LogP contribution < -0.4 is 0 Å². The second kappa shape index (κ2) is 10.4. The number of allylic oxidation sites excluding steroid dienone is 1. The first-order valence-electron chi connectivity index (χ1n) is 12.4. The van der Waals surface area contributed by atoms with E-state index in [0.29, 0.717) is 35.2 Å². The van der Waals surface area contributed by atoms with E-state index in [-0.39, 0.29) is 30.0 Å². The predicted octanol–water partition coefficient (Wildman–Crippen LogP) is 7.57. The van der Waals surface area contributed by atoms with Crippen molar-refractivity contribution in [2.24, 2.45) is 11.3 Å². The normalized spacial score (nSPS) is 26.9. The minimum Gasteiger partial charge on any atom is -0.393 e. The molecule has 1 saturated heterocycles. The van der Waals surface area contributed by atoms with Gasteiger partial charge in [0, 0.05) is 22.0 Å². The van der Waals surface area contributed by atoms with E-state index in [1.54, 1.807) is 0 Å². The van der Waals surface area contributed by atoms with Crippen molar-refractivity contribution in [3.63, 3.8) is 0 Å². The van der Waals surface area contributed by atoms with Crippen molar-refractivity contribution >= 4 is 29.1 Å². The number of nitrogens with zero attached hydrogens (tertiary/aromatic N) is 1. The Labute approximate surface area is 213 Å². The van der Waals surface area contributed by atoms with Gasteiger partial charge in [-0.2, -0.15) is 0 Å². The van der Waals surface area contributed by atoms with E-state index in [1.165, 1.54) is 0 Å². The Morgan fingerprint density at radius 2 is 1.85 bits per heavy atom. The van der Waals surface area contributed by atoms with Gasteiger partial charge >= 0.3 is 0 Å². The van der Waals surface area contributed by atoms with Gasteiger partial charge in [0.1, 0.15) is 0 Å². The molecule has 0 radical (unpaired) electrons. The lowest BCUT2D eigenvalue weighted by molar-refractivity contribution is -0.155. The molecule has 34 heavy (non-hydrogen) atoms. The van der Waals surface area contributed by atoms with Crippen LogP contribution >= 0.6 is 23.2 Å². The van der Waals surface area contributed by atoms with Gasteiger partial charge in [-0.15, -0.1) is 6.58 Å². The van der Waals surface area contributed by atoms with Crippen LogP contribution in [-0.4, -0.2) is 28.1 Å². The highest BCUT2D eigenvalue weighted by molar-refractivity contribution is 6.30. The lowest BCUT2D eigenvalue weighted by Crippen LogP contribution is -2.56. The zero-order valence-corrected chi connectivity index (χ0v) is 21.6. The molecular formula is C29H35Cl2NO2. The van der Waals surface area contributed by atoms with Gasteiger partial charge in [-0.1, -0.05) is 67.4 Å². The van der Waals surface area contributed by atoms with Gasteiger partial charge in [-0.3, -0.25) is 4.79 Å².